The van der Waals surface area contributed by atoms with Crippen LogP contribution in [0.4, 0.5) is 4.79 Å². The van der Waals surface area contributed by atoms with Crippen LogP contribution in [-0.2, 0) is 4.74 Å². The monoisotopic (exact) mass is 352 g/mol. The Hall–Kier alpha value is -1.46. The van der Waals surface area contributed by atoms with E-state index >= 15 is 0 Å². The fraction of sp³-hybridized carbons (Fsp3) is 0.895. The minimum atomic E-state index is -0.426. The zero-order valence-corrected chi connectivity index (χ0v) is 16.5. The Kier molecular flexibility index (Phi) is 7.38. The molecule has 2 saturated heterocycles. The first kappa shape index (κ1) is 19.9. The molecule has 2 rings (SSSR count). The molecule has 2 aliphatic rings. The second-order valence-electron chi connectivity index (χ2n) is 8.15. The first-order valence-corrected chi connectivity index (χ1v) is 9.90. The summed E-state index contributed by atoms with van der Waals surface area (Å²) in [7, 11) is 0. The van der Waals surface area contributed by atoms with Gasteiger partial charge in [-0.05, 0) is 65.7 Å². The number of nitrogens with one attached hydrogen (secondary N) is 1. The number of guanidine groups is 1. The van der Waals surface area contributed by atoms with E-state index in [9.17, 15) is 4.79 Å². The summed E-state index contributed by atoms with van der Waals surface area (Å²) in [6.07, 6.45) is 5.61. The number of likely N-dealkylation sites (tertiary alicyclic amines) is 2. The summed E-state index contributed by atoms with van der Waals surface area (Å²) >= 11 is 0. The molecule has 1 unspecified atom stereocenters. The van der Waals surface area contributed by atoms with Crippen LogP contribution in [0.2, 0.25) is 0 Å². The second kappa shape index (κ2) is 9.30. The van der Waals surface area contributed by atoms with E-state index in [1.165, 1.54) is 19.3 Å². The number of hydrogen-bond acceptors (Lipinski definition) is 3. The van der Waals surface area contributed by atoms with Crippen LogP contribution < -0.4 is 5.32 Å². The minimum Gasteiger partial charge on any atom is -0.444 e. The average molecular weight is 353 g/mol. The predicted octanol–water partition coefficient (Wildman–Crippen LogP) is 3.08. The molecular weight excluding hydrogens is 316 g/mol. The summed E-state index contributed by atoms with van der Waals surface area (Å²) in [4.78, 5) is 21.3. The van der Waals surface area contributed by atoms with Crippen molar-refractivity contribution in [3.8, 4) is 0 Å². The largest absolute Gasteiger partial charge is 0.444 e. The lowest BCUT2D eigenvalue weighted by molar-refractivity contribution is 0.0163. The Bertz CT molecular complexity index is 453. The van der Waals surface area contributed by atoms with Gasteiger partial charge in [0.05, 0.1) is 0 Å². The summed E-state index contributed by atoms with van der Waals surface area (Å²) in [5.41, 5.74) is -0.426. The Morgan fingerprint density at radius 3 is 2.48 bits per heavy atom. The Morgan fingerprint density at radius 1 is 1.16 bits per heavy atom. The molecule has 0 radical (unpaired) electrons. The molecule has 2 aliphatic heterocycles. The smallest absolute Gasteiger partial charge is 0.410 e. The Labute approximate surface area is 153 Å². The molecule has 25 heavy (non-hydrogen) atoms. The lowest BCUT2D eigenvalue weighted by atomic mass is 9.95. The molecular formula is C19H36N4O2. The normalized spacial score (nSPS) is 22.2. The third-order valence-electron chi connectivity index (χ3n) is 4.71. The molecule has 2 fully saturated rings. The van der Waals surface area contributed by atoms with Crippen LogP contribution in [0.25, 0.3) is 0 Å². The third-order valence-corrected chi connectivity index (χ3v) is 4.71. The molecule has 1 amide bonds. The molecule has 1 N–H and O–H groups in total. The highest BCUT2D eigenvalue weighted by atomic mass is 16.6. The molecule has 0 aromatic carbocycles. The van der Waals surface area contributed by atoms with Gasteiger partial charge in [0, 0.05) is 39.3 Å². The van der Waals surface area contributed by atoms with Crippen molar-refractivity contribution >= 4 is 12.1 Å². The van der Waals surface area contributed by atoms with Crippen LogP contribution in [-0.4, -0.2) is 66.7 Å². The van der Waals surface area contributed by atoms with E-state index in [2.05, 4.69) is 17.1 Å². The summed E-state index contributed by atoms with van der Waals surface area (Å²) in [6, 6.07) is 0. The van der Waals surface area contributed by atoms with Gasteiger partial charge in [0.25, 0.3) is 0 Å². The Balaban J connectivity index is 1.81. The van der Waals surface area contributed by atoms with Gasteiger partial charge in [-0.1, -0.05) is 0 Å². The van der Waals surface area contributed by atoms with Crippen LogP contribution in [0.5, 0.6) is 0 Å². The number of rotatable bonds is 4. The quantitative estimate of drug-likeness (QED) is 0.624. The predicted molar refractivity (Wildman–Crippen MR) is 102 cm³/mol. The van der Waals surface area contributed by atoms with Crippen molar-refractivity contribution in [2.75, 3.05) is 39.3 Å². The minimum absolute atomic E-state index is 0.175. The highest BCUT2D eigenvalue weighted by Gasteiger charge is 2.27. The van der Waals surface area contributed by atoms with Crippen LogP contribution in [0.3, 0.4) is 0 Å². The van der Waals surface area contributed by atoms with E-state index in [0.717, 1.165) is 58.1 Å². The molecule has 144 valence electrons. The van der Waals surface area contributed by atoms with E-state index in [-0.39, 0.29) is 6.09 Å². The van der Waals surface area contributed by atoms with Crippen molar-refractivity contribution in [2.45, 2.75) is 65.4 Å². The maximum atomic E-state index is 12.3. The zero-order chi connectivity index (χ0) is 18.3. The topological polar surface area (TPSA) is 57.2 Å². The lowest BCUT2D eigenvalue weighted by Gasteiger charge is -2.34. The number of hydrogen-bond donors (Lipinski definition) is 1. The molecule has 0 aromatic rings. The maximum absolute atomic E-state index is 12.3. The van der Waals surface area contributed by atoms with Gasteiger partial charge in [0.1, 0.15) is 5.60 Å². The zero-order valence-electron chi connectivity index (χ0n) is 16.5. The van der Waals surface area contributed by atoms with E-state index < -0.39 is 5.60 Å². The fourth-order valence-electron chi connectivity index (χ4n) is 3.50. The number of piperidine rings is 1. The van der Waals surface area contributed by atoms with E-state index in [0.29, 0.717) is 5.92 Å². The Morgan fingerprint density at radius 2 is 1.84 bits per heavy atom. The summed E-state index contributed by atoms with van der Waals surface area (Å²) in [5.74, 6) is 1.58. The first-order chi connectivity index (χ1) is 11.9. The molecule has 0 aromatic heterocycles. The van der Waals surface area contributed by atoms with Crippen LogP contribution in [0.1, 0.15) is 59.8 Å². The van der Waals surface area contributed by atoms with Gasteiger partial charge in [0.15, 0.2) is 5.96 Å². The van der Waals surface area contributed by atoms with Gasteiger partial charge < -0.3 is 19.9 Å². The number of ether oxygens (including phenoxy) is 1. The van der Waals surface area contributed by atoms with Gasteiger partial charge in [-0.15, -0.1) is 0 Å². The van der Waals surface area contributed by atoms with E-state index in [1.807, 2.05) is 25.7 Å². The highest BCUT2D eigenvalue weighted by Crippen LogP contribution is 2.22. The fourth-order valence-corrected chi connectivity index (χ4v) is 3.50. The van der Waals surface area contributed by atoms with Gasteiger partial charge >= 0.3 is 6.09 Å². The molecule has 2 heterocycles. The van der Waals surface area contributed by atoms with Crippen LogP contribution in [0.15, 0.2) is 4.99 Å². The summed E-state index contributed by atoms with van der Waals surface area (Å²) < 4.78 is 5.51. The van der Waals surface area contributed by atoms with Crippen molar-refractivity contribution in [3.05, 3.63) is 0 Å². The molecule has 0 spiro atoms. The SMILES string of the molecule is CCNC(=NCCC1CCCN(C(=O)OC(C)(C)C)C1)N1CCCC1. The maximum Gasteiger partial charge on any atom is 0.410 e. The number of carbonyl (C=O) groups excluding carboxylic acids is 1. The molecule has 0 saturated carbocycles. The van der Waals surface area contributed by atoms with Gasteiger partial charge in [0.2, 0.25) is 0 Å². The van der Waals surface area contributed by atoms with E-state index in [4.69, 9.17) is 9.73 Å². The molecule has 6 heteroatoms. The van der Waals surface area contributed by atoms with Gasteiger partial charge in [-0.3, -0.25) is 4.99 Å². The third kappa shape index (κ3) is 6.75. The van der Waals surface area contributed by atoms with Gasteiger partial charge in [-0.2, -0.15) is 0 Å². The average Bonchev–Trinajstić information content (AvgIpc) is 3.07. The van der Waals surface area contributed by atoms with Crippen molar-refractivity contribution in [1.29, 1.82) is 0 Å². The summed E-state index contributed by atoms with van der Waals surface area (Å²) in [6.45, 7) is 13.4. The van der Waals surface area contributed by atoms with Crippen molar-refractivity contribution in [3.63, 3.8) is 0 Å². The van der Waals surface area contributed by atoms with Crippen molar-refractivity contribution in [1.82, 2.24) is 15.1 Å². The summed E-state index contributed by atoms with van der Waals surface area (Å²) in [5, 5.41) is 3.41. The van der Waals surface area contributed by atoms with Crippen LogP contribution >= 0.6 is 0 Å². The van der Waals surface area contributed by atoms with E-state index in [1.54, 1.807) is 0 Å². The molecule has 1 atom stereocenters. The first-order valence-electron chi connectivity index (χ1n) is 9.90. The van der Waals surface area contributed by atoms with Crippen molar-refractivity contribution in [2.24, 2.45) is 10.9 Å². The molecule has 0 aliphatic carbocycles. The van der Waals surface area contributed by atoms with Crippen molar-refractivity contribution < 1.29 is 9.53 Å². The lowest BCUT2D eigenvalue weighted by Crippen LogP contribution is -2.43. The van der Waals surface area contributed by atoms with Crippen LogP contribution in [0, 0.1) is 5.92 Å². The number of nitrogens with zero attached hydrogens (tertiary/aromatic N) is 3. The van der Waals surface area contributed by atoms with Gasteiger partial charge in [-0.25, -0.2) is 4.79 Å². The number of carbonyl (C=O) groups is 1. The molecule has 6 nitrogen and oxygen atoms in total. The molecule has 0 bridgehead atoms. The number of aliphatic imine (C=N–C) groups is 1. The standard InChI is InChI=1S/C19H36N4O2/c1-5-20-17(22-12-6-7-13-22)21-11-10-16-9-8-14-23(15-16)18(24)25-19(2,3)4/h16H,5-15H2,1-4H3,(H,20,21). The highest BCUT2D eigenvalue weighted by molar-refractivity contribution is 5.80. The number of amides is 1. The second-order valence-corrected chi connectivity index (χ2v) is 8.15.